The number of nitrogens with zero attached hydrogens (tertiary/aromatic N) is 1. The van der Waals surface area contributed by atoms with Gasteiger partial charge in [-0.05, 0) is 31.0 Å². The summed E-state index contributed by atoms with van der Waals surface area (Å²) in [7, 11) is 0. The van der Waals surface area contributed by atoms with Crippen molar-refractivity contribution in [2.24, 2.45) is 0 Å². The SMILES string of the molecule is Cc1cc(C(=O)Nc2cccc(C#CCO)n2)co1. The lowest BCUT2D eigenvalue weighted by molar-refractivity contribution is 0.102. The Bertz CT molecular complexity index is 650. The molecule has 0 atom stereocenters. The highest BCUT2D eigenvalue weighted by molar-refractivity contribution is 6.03. The van der Waals surface area contributed by atoms with Crippen LogP contribution in [0.2, 0.25) is 0 Å². The van der Waals surface area contributed by atoms with Crippen LogP contribution < -0.4 is 5.32 Å². The molecular formula is C14H12N2O3. The summed E-state index contributed by atoms with van der Waals surface area (Å²) in [5.41, 5.74) is 0.918. The average molecular weight is 256 g/mol. The second kappa shape index (κ2) is 5.85. The van der Waals surface area contributed by atoms with Crippen molar-refractivity contribution in [2.45, 2.75) is 6.92 Å². The second-order valence-corrected chi connectivity index (χ2v) is 3.77. The molecule has 19 heavy (non-hydrogen) atoms. The topological polar surface area (TPSA) is 75.4 Å². The molecule has 0 radical (unpaired) electrons. The quantitative estimate of drug-likeness (QED) is 0.800. The van der Waals surface area contributed by atoms with Gasteiger partial charge >= 0.3 is 0 Å². The molecule has 0 bridgehead atoms. The Morgan fingerprint density at radius 3 is 3.05 bits per heavy atom. The largest absolute Gasteiger partial charge is 0.469 e. The van der Waals surface area contributed by atoms with E-state index in [1.807, 2.05) is 0 Å². The molecule has 2 aromatic rings. The molecule has 96 valence electrons. The van der Waals surface area contributed by atoms with Gasteiger partial charge < -0.3 is 14.8 Å². The van der Waals surface area contributed by atoms with Gasteiger partial charge in [0.05, 0.1) is 5.56 Å². The molecule has 0 saturated heterocycles. The molecule has 0 aromatic carbocycles. The number of carbonyl (C=O) groups excluding carboxylic acids is 1. The van der Waals surface area contributed by atoms with Crippen LogP contribution in [0.5, 0.6) is 0 Å². The number of amides is 1. The summed E-state index contributed by atoms with van der Waals surface area (Å²) in [6.45, 7) is 1.53. The van der Waals surface area contributed by atoms with E-state index in [4.69, 9.17) is 9.52 Å². The second-order valence-electron chi connectivity index (χ2n) is 3.77. The molecule has 2 aromatic heterocycles. The van der Waals surface area contributed by atoms with E-state index in [1.165, 1.54) is 6.26 Å². The fourth-order valence-electron chi connectivity index (χ4n) is 1.46. The van der Waals surface area contributed by atoms with Crippen molar-refractivity contribution in [3.05, 3.63) is 47.5 Å². The maximum atomic E-state index is 11.9. The Labute approximate surface area is 110 Å². The first kappa shape index (κ1) is 12.9. The zero-order valence-corrected chi connectivity index (χ0v) is 10.3. The summed E-state index contributed by atoms with van der Waals surface area (Å²) >= 11 is 0. The first-order valence-electron chi connectivity index (χ1n) is 5.62. The van der Waals surface area contributed by atoms with Gasteiger partial charge in [0.1, 0.15) is 30.1 Å². The van der Waals surface area contributed by atoms with Crippen LogP contribution >= 0.6 is 0 Å². The monoisotopic (exact) mass is 256 g/mol. The third kappa shape index (κ3) is 3.44. The summed E-state index contributed by atoms with van der Waals surface area (Å²) in [6.07, 6.45) is 1.39. The average Bonchev–Trinajstić information content (AvgIpc) is 2.83. The van der Waals surface area contributed by atoms with Crippen LogP contribution in [-0.4, -0.2) is 22.6 Å². The summed E-state index contributed by atoms with van der Waals surface area (Å²) in [5.74, 6) is 5.94. The van der Waals surface area contributed by atoms with Crippen molar-refractivity contribution in [1.29, 1.82) is 0 Å². The van der Waals surface area contributed by atoms with Crippen LogP contribution in [0.4, 0.5) is 5.82 Å². The first-order chi connectivity index (χ1) is 9.19. The van der Waals surface area contributed by atoms with Crippen LogP contribution in [0, 0.1) is 18.8 Å². The Morgan fingerprint density at radius 1 is 1.53 bits per heavy atom. The predicted molar refractivity (Wildman–Crippen MR) is 69.6 cm³/mol. The van der Waals surface area contributed by atoms with Crippen molar-refractivity contribution < 1.29 is 14.3 Å². The van der Waals surface area contributed by atoms with E-state index in [2.05, 4.69) is 22.1 Å². The molecule has 0 aliphatic carbocycles. The van der Waals surface area contributed by atoms with Crippen molar-refractivity contribution in [3.8, 4) is 11.8 Å². The van der Waals surface area contributed by atoms with Gasteiger partial charge in [0, 0.05) is 0 Å². The van der Waals surface area contributed by atoms with Crippen LogP contribution in [0.1, 0.15) is 21.8 Å². The number of pyridine rings is 1. The summed E-state index contributed by atoms with van der Waals surface area (Å²) in [5, 5.41) is 11.3. The zero-order valence-electron chi connectivity index (χ0n) is 10.3. The first-order valence-corrected chi connectivity index (χ1v) is 5.62. The van der Waals surface area contributed by atoms with Gasteiger partial charge in [0.2, 0.25) is 0 Å². The molecule has 2 N–H and O–H groups in total. The molecule has 5 heteroatoms. The van der Waals surface area contributed by atoms with Crippen LogP contribution in [0.15, 0.2) is 34.9 Å². The van der Waals surface area contributed by atoms with Gasteiger partial charge in [-0.25, -0.2) is 4.98 Å². The van der Waals surface area contributed by atoms with Crippen LogP contribution in [0.3, 0.4) is 0 Å². The number of rotatable bonds is 2. The highest BCUT2D eigenvalue weighted by Gasteiger charge is 2.09. The van der Waals surface area contributed by atoms with E-state index in [-0.39, 0.29) is 12.5 Å². The molecule has 2 rings (SSSR count). The lowest BCUT2D eigenvalue weighted by Gasteiger charge is -2.02. The number of aryl methyl sites for hydroxylation is 1. The molecule has 5 nitrogen and oxygen atoms in total. The van der Waals surface area contributed by atoms with Crippen molar-refractivity contribution in [2.75, 3.05) is 11.9 Å². The summed E-state index contributed by atoms with van der Waals surface area (Å²) in [4.78, 5) is 16.0. The maximum absolute atomic E-state index is 11.9. The molecule has 2 heterocycles. The minimum absolute atomic E-state index is 0.230. The molecule has 1 amide bonds. The maximum Gasteiger partial charge on any atom is 0.260 e. The number of hydrogen-bond donors (Lipinski definition) is 2. The Morgan fingerprint density at radius 2 is 2.37 bits per heavy atom. The number of furan rings is 1. The van der Waals surface area contributed by atoms with E-state index in [9.17, 15) is 4.79 Å². The normalized spacial score (nSPS) is 9.58. The Hall–Kier alpha value is -2.58. The van der Waals surface area contributed by atoms with Crippen molar-refractivity contribution >= 4 is 11.7 Å². The number of aliphatic hydroxyl groups is 1. The van der Waals surface area contributed by atoms with Gasteiger partial charge in [-0.2, -0.15) is 0 Å². The van der Waals surface area contributed by atoms with Gasteiger partial charge in [-0.3, -0.25) is 4.79 Å². The third-order valence-electron chi connectivity index (χ3n) is 2.28. The minimum atomic E-state index is -0.295. The Kier molecular flexibility index (Phi) is 3.96. The van der Waals surface area contributed by atoms with Gasteiger partial charge in [-0.1, -0.05) is 12.0 Å². The molecule has 0 saturated carbocycles. The number of nitrogens with one attached hydrogen (secondary N) is 1. The predicted octanol–water partition coefficient (Wildman–Crippen LogP) is 1.58. The van der Waals surface area contributed by atoms with E-state index < -0.39 is 0 Å². The standard InChI is InChI=1S/C14H12N2O3/c1-10-8-11(9-19-10)14(18)16-13-6-2-4-12(15-13)5-3-7-17/h2,4,6,8-9,17H,7H2,1H3,(H,15,16,18). The number of carbonyl (C=O) groups is 1. The van der Waals surface area contributed by atoms with Crippen LogP contribution in [0.25, 0.3) is 0 Å². The summed E-state index contributed by atoms with van der Waals surface area (Å²) in [6, 6.07) is 6.73. The van der Waals surface area contributed by atoms with Crippen molar-refractivity contribution in [3.63, 3.8) is 0 Å². The lowest BCUT2D eigenvalue weighted by Crippen LogP contribution is -2.12. The molecule has 0 fully saturated rings. The number of aromatic nitrogens is 1. The lowest BCUT2D eigenvalue weighted by atomic mass is 10.3. The van der Waals surface area contributed by atoms with E-state index in [0.717, 1.165) is 0 Å². The highest BCUT2D eigenvalue weighted by atomic mass is 16.3. The van der Waals surface area contributed by atoms with Crippen molar-refractivity contribution in [1.82, 2.24) is 4.98 Å². The molecule has 0 aliphatic rings. The van der Waals surface area contributed by atoms with Gasteiger partial charge in [0.15, 0.2) is 0 Å². The third-order valence-corrected chi connectivity index (χ3v) is 2.28. The minimum Gasteiger partial charge on any atom is -0.469 e. The highest BCUT2D eigenvalue weighted by Crippen LogP contribution is 2.10. The van der Waals surface area contributed by atoms with Gasteiger partial charge in [-0.15, -0.1) is 0 Å². The molecule has 0 unspecified atom stereocenters. The fraction of sp³-hybridized carbons (Fsp3) is 0.143. The molecule has 0 aliphatic heterocycles. The van der Waals surface area contributed by atoms with E-state index in [1.54, 1.807) is 31.2 Å². The van der Waals surface area contributed by atoms with Crippen LogP contribution in [-0.2, 0) is 0 Å². The fourth-order valence-corrected chi connectivity index (χ4v) is 1.46. The van der Waals surface area contributed by atoms with E-state index in [0.29, 0.717) is 22.8 Å². The molecule has 0 spiro atoms. The van der Waals surface area contributed by atoms with E-state index >= 15 is 0 Å². The smallest absolute Gasteiger partial charge is 0.260 e. The Balaban J connectivity index is 2.13. The van der Waals surface area contributed by atoms with Gasteiger partial charge in [0.25, 0.3) is 5.91 Å². The molecular weight excluding hydrogens is 244 g/mol. The number of anilines is 1. The number of aliphatic hydroxyl groups excluding tert-OH is 1. The number of hydrogen-bond acceptors (Lipinski definition) is 4. The zero-order chi connectivity index (χ0) is 13.7. The summed E-state index contributed by atoms with van der Waals surface area (Å²) < 4.78 is 5.07.